The van der Waals surface area contributed by atoms with Crippen LogP contribution in [0.15, 0.2) is 28.9 Å². The number of aromatic amines is 1. The molecule has 0 saturated carbocycles. The summed E-state index contributed by atoms with van der Waals surface area (Å²) in [6, 6.07) is 5.73. The molecule has 0 aliphatic heterocycles. The molecule has 0 aliphatic carbocycles. The highest BCUT2D eigenvalue weighted by molar-refractivity contribution is 9.10. The molecular weight excluding hydrogens is 246 g/mol. The van der Waals surface area contributed by atoms with E-state index < -0.39 is 5.97 Å². The summed E-state index contributed by atoms with van der Waals surface area (Å²) in [4.78, 5) is 13.6. The lowest BCUT2D eigenvalue weighted by Crippen LogP contribution is -1.98. The minimum absolute atomic E-state index is 0.0520. The van der Waals surface area contributed by atoms with Crippen molar-refractivity contribution >= 4 is 32.8 Å². The van der Waals surface area contributed by atoms with Crippen molar-refractivity contribution in [3.8, 4) is 0 Å². The summed E-state index contributed by atoms with van der Waals surface area (Å²) in [7, 11) is 0. The molecule has 4 heteroatoms. The maximum atomic E-state index is 10.6. The molecule has 0 bridgehead atoms. The van der Waals surface area contributed by atoms with Gasteiger partial charge in [0.15, 0.2) is 0 Å². The summed E-state index contributed by atoms with van der Waals surface area (Å²) < 4.78 is 0.951. The van der Waals surface area contributed by atoms with Crippen LogP contribution in [0.25, 0.3) is 10.9 Å². The van der Waals surface area contributed by atoms with Crippen LogP contribution in [0.1, 0.15) is 5.56 Å². The van der Waals surface area contributed by atoms with E-state index in [0.717, 1.165) is 20.9 Å². The standard InChI is InChI=1S/C10H8BrNO2/c11-8-3-1-2-7-6(4-9(13)14)5-12-10(7)8/h1-3,5,12H,4H2,(H,13,14). The second-order valence-electron chi connectivity index (χ2n) is 3.05. The Bertz CT molecular complexity index is 490. The Labute approximate surface area is 88.9 Å². The first-order chi connectivity index (χ1) is 6.68. The molecule has 0 unspecified atom stereocenters. The van der Waals surface area contributed by atoms with Crippen molar-refractivity contribution in [1.29, 1.82) is 0 Å². The van der Waals surface area contributed by atoms with Crippen molar-refractivity contribution in [2.24, 2.45) is 0 Å². The van der Waals surface area contributed by atoms with E-state index in [0.29, 0.717) is 0 Å². The number of carbonyl (C=O) groups is 1. The van der Waals surface area contributed by atoms with Gasteiger partial charge in [-0.3, -0.25) is 4.79 Å². The number of fused-ring (bicyclic) bond motifs is 1. The number of rotatable bonds is 2. The third kappa shape index (κ3) is 1.53. The number of aromatic nitrogens is 1. The number of halogens is 1. The van der Waals surface area contributed by atoms with Gasteiger partial charge in [0.2, 0.25) is 0 Å². The largest absolute Gasteiger partial charge is 0.481 e. The Morgan fingerprint density at radius 1 is 1.50 bits per heavy atom. The predicted molar refractivity (Wildman–Crippen MR) is 57.3 cm³/mol. The Balaban J connectivity index is 2.58. The van der Waals surface area contributed by atoms with Crippen LogP contribution in [0.5, 0.6) is 0 Å². The maximum absolute atomic E-state index is 10.6. The van der Waals surface area contributed by atoms with E-state index in [1.807, 2.05) is 18.2 Å². The summed E-state index contributed by atoms with van der Waals surface area (Å²) in [6.07, 6.45) is 1.79. The van der Waals surface area contributed by atoms with Gasteiger partial charge in [-0.05, 0) is 27.6 Å². The van der Waals surface area contributed by atoms with Crippen LogP contribution in [0.2, 0.25) is 0 Å². The first-order valence-electron chi connectivity index (χ1n) is 4.15. The smallest absolute Gasteiger partial charge is 0.307 e. The van der Waals surface area contributed by atoms with E-state index >= 15 is 0 Å². The van der Waals surface area contributed by atoms with Crippen LogP contribution in [-0.2, 0) is 11.2 Å². The number of hydrogen-bond acceptors (Lipinski definition) is 1. The third-order valence-corrected chi connectivity index (χ3v) is 2.75. The van der Waals surface area contributed by atoms with Gasteiger partial charge in [-0.2, -0.15) is 0 Å². The third-order valence-electron chi connectivity index (χ3n) is 2.09. The highest BCUT2D eigenvalue weighted by Crippen LogP contribution is 2.25. The summed E-state index contributed by atoms with van der Waals surface area (Å²) in [5.74, 6) is -0.814. The molecule has 14 heavy (non-hydrogen) atoms. The summed E-state index contributed by atoms with van der Waals surface area (Å²) in [5.41, 5.74) is 1.76. The molecule has 0 saturated heterocycles. The second-order valence-corrected chi connectivity index (χ2v) is 3.90. The van der Waals surface area contributed by atoms with E-state index in [1.165, 1.54) is 0 Å². The van der Waals surface area contributed by atoms with E-state index in [9.17, 15) is 4.79 Å². The molecule has 0 atom stereocenters. The van der Waals surface area contributed by atoms with Crippen LogP contribution in [0.4, 0.5) is 0 Å². The summed E-state index contributed by atoms with van der Waals surface area (Å²) >= 11 is 3.40. The zero-order valence-electron chi connectivity index (χ0n) is 7.25. The number of hydrogen-bond donors (Lipinski definition) is 2. The molecule has 1 aromatic heterocycles. The summed E-state index contributed by atoms with van der Waals surface area (Å²) in [5, 5.41) is 9.65. The van der Waals surface area contributed by atoms with Crippen LogP contribution >= 0.6 is 15.9 Å². The highest BCUT2D eigenvalue weighted by atomic mass is 79.9. The maximum Gasteiger partial charge on any atom is 0.307 e. The van der Waals surface area contributed by atoms with Gasteiger partial charge in [-0.1, -0.05) is 12.1 Å². The average molecular weight is 254 g/mol. The van der Waals surface area contributed by atoms with Gasteiger partial charge >= 0.3 is 5.97 Å². The first kappa shape index (κ1) is 9.27. The number of benzene rings is 1. The van der Waals surface area contributed by atoms with Gasteiger partial charge in [0.05, 0.1) is 11.9 Å². The van der Waals surface area contributed by atoms with Gasteiger partial charge in [-0.15, -0.1) is 0 Å². The van der Waals surface area contributed by atoms with E-state index in [2.05, 4.69) is 20.9 Å². The quantitative estimate of drug-likeness (QED) is 0.865. The minimum atomic E-state index is -0.814. The SMILES string of the molecule is O=C(O)Cc1c[nH]c2c(Br)cccc12. The Morgan fingerprint density at radius 3 is 3.00 bits per heavy atom. The highest BCUT2D eigenvalue weighted by Gasteiger charge is 2.08. The molecule has 72 valence electrons. The van der Waals surface area contributed by atoms with Crippen molar-refractivity contribution in [2.45, 2.75) is 6.42 Å². The van der Waals surface area contributed by atoms with Crippen LogP contribution in [-0.4, -0.2) is 16.1 Å². The molecular formula is C10H8BrNO2. The fourth-order valence-corrected chi connectivity index (χ4v) is 1.97. The molecule has 0 spiro atoms. The van der Waals surface area contributed by atoms with Gasteiger partial charge in [0.25, 0.3) is 0 Å². The van der Waals surface area contributed by atoms with Crippen molar-refractivity contribution < 1.29 is 9.90 Å². The monoisotopic (exact) mass is 253 g/mol. The first-order valence-corrected chi connectivity index (χ1v) is 4.94. The van der Waals surface area contributed by atoms with E-state index in [-0.39, 0.29) is 6.42 Å². The fraction of sp³-hybridized carbons (Fsp3) is 0.100. The van der Waals surface area contributed by atoms with Gasteiger partial charge < -0.3 is 10.1 Å². The molecule has 1 heterocycles. The Kier molecular flexibility index (Phi) is 2.29. The normalized spacial score (nSPS) is 10.6. The number of H-pyrrole nitrogens is 1. The Morgan fingerprint density at radius 2 is 2.29 bits per heavy atom. The average Bonchev–Trinajstić information content (AvgIpc) is 2.49. The molecule has 2 N–H and O–H groups in total. The van der Waals surface area contributed by atoms with Crippen molar-refractivity contribution in [1.82, 2.24) is 4.98 Å². The number of para-hydroxylation sites is 1. The second kappa shape index (κ2) is 3.46. The Hall–Kier alpha value is -1.29. The van der Waals surface area contributed by atoms with Gasteiger partial charge in [0.1, 0.15) is 0 Å². The van der Waals surface area contributed by atoms with E-state index in [4.69, 9.17) is 5.11 Å². The topological polar surface area (TPSA) is 53.1 Å². The number of nitrogens with one attached hydrogen (secondary N) is 1. The van der Waals surface area contributed by atoms with E-state index in [1.54, 1.807) is 6.20 Å². The van der Waals surface area contributed by atoms with Gasteiger partial charge in [-0.25, -0.2) is 0 Å². The van der Waals surface area contributed by atoms with Crippen LogP contribution in [0.3, 0.4) is 0 Å². The molecule has 0 fully saturated rings. The predicted octanol–water partition coefficient (Wildman–Crippen LogP) is 2.56. The van der Waals surface area contributed by atoms with Crippen LogP contribution in [0, 0.1) is 0 Å². The molecule has 0 radical (unpaired) electrons. The number of carboxylic acids is 1. The lowest BCUT2D eigenvalue weighted by atomic mass is 10.1. The number of carboxylic acid groups (broad SMARTS) is 1. The fourth-order valence-electron chi connectivity index (χ4n) is 1.48. The van der Waals surface area contributed by atoms with Crippen molar-refractivity contribution in [3.05, 3.63) is 34.4 Å². The molecule has 0 amide bonds. The lowest BCUT2D eigenvalue weighted by molar-refractivity contribution is -0.136. The zero-order chi connectivity index (χ0) is 10.1. The molecule has 3 nitrogen and oxygen atoms in total. The lowest BCUT2D eigenvalue weighted by Gasteiger charge is -1.95. The molecule has 2 aromatic rings. The zero-order valence-corrected chi connectivity index (χ0v) is 8.84. The number of aliphatic carboxylic acids is 1. The van der Waals surface area contributed by atoms with Crippen molar-refractivity contribution in [3.63, 3.8) is 0 Å². The van der Waals surface area contributed by atoms with Crippen molar-refractivity contribution in [2.75, 3.05) is 0 Å². The van der Waals surface area contributed by atoms with Crippen LogP contribution < -0.4 is 0 Å². The molecule has 1 aromatic carbocycles. The molecule has 2 rings (SSSR count). The van der Waals surface area contributed by atoms with Gasteiger partial charge in [0, 0.05) is 16.1 Å². The summed E-state index contributed by atoms with van der Waals surface area (Å²) in [6.45, 7) is 0. The molecule has 0 aliphatic rings. The minimum Gasteiger partial charge on any atom is -0.481 e.